The number of carbonyl (C=O) groups excluding carboxylic acids is 10. The molecule has 0 aliphatic heterocycles. The topological polar surface area (TPSA) is 468 Å². The van der Waals surface area contributed by atoms with Crippen molar-refractivity contribution >= 4 is 65.0 Å². The summed E-state index contributed by atoms with van der Waals surface area (Å²) in [5, 5.41) is 34.8. The lowest BCUT2D eigenvalue weighted by atomic mass is 9.96. The third-order valence-electron chi connectivity index (χ3n) is 13.0. The summed E-state index contributed by atoms with van der Waals surface area (Å²) in [6, 6.07) is -11.3. The van der Waals surface area contributed by atoms with Gasteiger partial charge in [-0.1, -0.05) is 75.7 Å². The number of aliphatic imine (C=N–C) groups is 1. The summed E-state index contributed by atoms with van der Waals surface area (Å²) >= 11 is 0. The Morgan fingerprint density at radius 2 is 0.785 bits per heavy atom. The Hall–Kier alpha value is -6.19. The number of unbranched alkanes of at least 4 members (excludes halogenated alkanes) is 2. The zero-order valence-corrected chi connectivity index (χ0v) is 48.7. The van der Waals surface area contributed by atoms with E-state index in [9.17, 15) is 53.1 Å². The summed E-state index contributed by atoms with van der Waals surface area (Å²) in [5.74, 6) is -9.33. The first-order chi connectivity index (χ1) is 36.9. The van der Waals surface area contributed by atoms with Crippen LogP contribution in [-0.2, 0) is 47.9 Å². The molecule has 0 unspecified atom stereocenters. The van der Waals surface area contributed by atoms with Gasteiger partial charge in [0.2, 0.25) is 59.1 Å². The van der Waals surface area contributed by atoms with Gasteiger partial charge in [-0.3, -0.25) is 52.9 Å². The number of rotatable bonds is 40. The van der Waals surface area contributed by atoms with Crippen molar-refractivity contribution in [3.05, 3.63) is 0 Å². The number of nitrogens with one attached hydrogen (secondary N) is 9. The smallest absolute Gasteiger partial charge is 0.245 e. The van der Waals surface area contributed by atoms with Crippen molar-refractivity contribution in [2.45, 2.75) is 207 Å². The van der Waals surface area contributed by atoms with Crippen molar-refractivity contribution in [2.75, 3.05) is 26.2 Å². The fourth-order valence-corrected chi connectivity index (χ4v) is 8.23. The summed E-state index contributed by atoms with van der Waals surface area (Å²) in [7, 11) is 0. The fourth-order valence-electron chi connectivity index (χ4n) is 8.23. The molecule has 10 amide bonds. The van der Waals surface area contributed by atoms with Gasteiger partial charge in [0, 0.05) is 6.54 Å². The molecule has 0 spiro atoms. The second-order valence-electron chi connectivity index (χ2n) is 21.8. The molecular weight excluding hydrogens is 1020 g/mol. The Kier molecular flexibility index (Phi) is 35.4. The molecule has 0 aromatic carbocycles. The molecule has 27 nitrogen and oxygen atoms in total. The first-order valence-electron chi connectivity index (χ1n) is 27.8. The number of guanidine groups is 1. The lowest BCUT2D eigenvalue weighted by molar-refractivity contribution is -0.137. The minimum absolute atomic E-state index is 0.0117. The average molecular weight is 1130 g/mol. The van der Waals surface area contributed by atoms with Crippen LogP contribution in [0.25, 0.3) is 0 Å². The Morgan fingerprint density at radius 1 is 0.430 bits per heavy atom. The van der Waals surface area contributed by atoms with Crippen LogP contribution in [0, 0.1) is 29.6 Å². The van der Waals surface area contributed by atoms with Crippen LogP contribution in [0.4, 0.5) is 0 Å². The first-order valence-corrected chi connectivity index (χ1v) is 27.8. The molecule has 79 heavy (non-hydrogen) atoms. The minimum atomic E-state index is -1.63. The standard InChI is InChI=1S/C52H100N16O11/c1-12-31(10)41(50(78)62-34(19-14-16-22-54)46(74)68-42(32(11)69)51(79)64-37(25-28(4)5)48(76)66-39(29(6)7)43(56)71)67-45(73)35(20-17-23-59-52(57)58)60-44(72)33(18-13-15-21-53)61-47(75)36(24-27(2)3)63-49(77)40(30(8)9)65-38(70)26-55/h27-37,39-42,69H,12-26,53-55H2,1-11H3,(H2,56,71)(H,60,72)(H,61,75)(H,62,78)(H,63,77)(H,64,79)(H,65,70)(H,66,76)(H,67,73)(H,68,74)(H4,57,58,59)/t31-,32+,33-,34-,35-,36-,37-,39-,40-,41-,42-/m0/s1. The molecule has 0 aliphatic rings. The van der Waals surface area contributed by atoms with E-state index in [-0.39, 0.29) is 94.3 Å². The molecule has 0 saturated carbocycles. The van der Waals surface area contributed by atoms with Crippen LogP contribution >= 0.6 is 0 Å². The summed E-state index contributed by atoms with van der Waals surface area (Å²) in [6.07, 6.45) is 0.932. The van der Waals surface area contributed by atoms with Gasteiger partial charge in [-0.2, -0.15) is 0 Å². The average Bonchev–Trinajstić information content (AvgIpc) is 3.36. The number of primary amides is 1. The molecule has 11 atom stereocenters. The van der Waals surface area contributed by atoms with Crippen LogP contribution in [0.5, 0.6) is 0 Å². The first kappa shape index (κ1) is 72.8. The summed E-state index contributed by atoms with van der Waals surface area (Å²) in [4.78, 5) is 141. The molecule has 0 bridgehead atoms. The van der Waals surface area contributed by atoms with E-state index in [2.05, 4.69) is 52.8 Å². The number of carbonyl (C=O) groups is 10. The van der Waals surface area contributed by atoms with Crippen LogP contribution in [0.2, 0.25) is 0 Å². The molecule has 0 aromatic heterocycles. The van der Waals surface area contributed by atoms with E-state index in [1.807, 2.05) is 27.7 Å². The van der Waals surface area contributed by atoms with Crippen molar-refractivity contribution in [1.82, 2.24) is 47.9 Å². The van der Waals surface area contributed by atoms with Crippen LogP contribution in [0.3, 0.4) is 0 Å². The Balaban J connectivity index is 7.01. The number of nitrogens with two attached hydrogens (primary N) is 6. The van der Waals surface area contributed by atoms with Crippen molar-refractivity contribution < 1.29 is 53.1 Å². The zero-order valence-electron chi connectivity index (χ0n) is 48.7. The molecule has 0 saturated heterocycles. The quantitative estimate of drug-likeness (QED) is 0.0165. The Morgan fingerprint density at radius 3 is 1.16 bits per heavy atom. The van der Waals surface area contributed by atoms with E-state index >= 15 is 0 Å². The number of hydrogen-bond donors (Lipinski definition) is 16. The van der Waals surface area contributed by atoms with E-state index in [1.165, 1.54) is 6.92 Å². The highest BCUT2D eigenvalue weighted by Gasteiger charge is 2.38. The normalized spacial score (nSPS) is 15.6. The minimum Gasteiger partial charge on any atom is -0.391 e. The SMILES string of the molecule is CC[C@H](C)[C@H](NC(=O)[C@H](CCCN=C(N)N)NC(=O)[C@H](CCCCN)NC(=O)[C@H](CC(C)C)NC(=O)[C@@H](NC(=O)CN)C(C)C)C(=O)N[C@@H](CCCCN)C(=O)N[C@H](C(=O)N[C@@H](CC(C)C)C(=O)N[C@H](C(N)=O)C(C)C)[C@@H](C)O. The monoisotopic (exact) mass is 1120 g/mol. The maximum absolute atomic E-state index is 14.5. The largest absolute Gasteiger partial charge is 0.391 e. The summed E-state index contributed by atoms with van der Waals surface area (Å²) in [5.41, 5.74) is 33.7. The highest BCUT2D eigenvalue weighted by molar-refractivity contribution is 5.98. The van der Waals surface area contributed by atoms with Gasteiger partial charge < -0.3 is 87.4 Å². The molecule has 0 rings (SSSR count). The van der Waals surface area contributed by atoms with Gasteiger partial charge in [0.05, 0.1) is 12.6 Å². The van der Waals surface area contributed by atoms with Gasteiger partial charge in [-0.15, -0.1) is 0 Å². The highest BCUT2D eigenvalue weighted by Crippen LogP contribution is 2.15. The van der Waals surface area contributed by atoms with E-state index in [0.29, 0.717) is 32.1 Å². The van der Waals surface area contributed by atoms with Gasteiger partial charge in [0.15, 0.2) is 5.96 Å². The van der Waals surface area contributed by atoms with Crippen molar-refractivity contribution in [2.24, 2.45) is 69.0 Å². The Bertz CT molecular complexity index is 1980. The molecule has 454 valence electrons. The summed E-state index contributed by atoms with van der Waals surface area (Å²) in [6.45, 7) is 19.0. The van der Waals surface area contributed by atoms with Gasteiger partial charge in [0.1, 0.15) is 54.4 Å². The van der Waals surface area contributed by atoms with E-state index < -0.39 is 125 Å². The predicted octanol–water partition coefficient (Wildman–Crippen LogP) is -3.06. The van der Waals surface area contributed by atoms with E-state index in [0.717, 1.165) is 0 Å². The second kappa shape index (κ2) is 38.4. The maximum atomic E-state index is 14.5. The number of hydrogen-bond acceptors (Lipinski definition) is 15. The third-order valence-corrected chi connectivity index (χ3v) is 13.0. The van der Waals surface area contributed by atoms with Gasteiger partial charge >= 0.3 is 0 Å². The van der Waals surface area contributed by atoms with E-state index in [4.69, 9.17) is 34.4 Å². The van der Waals surface area contributed by atoms with Crippen LogP contribution in [0.1, 0.15) is 147 Å². The van der Waals surface area contributed by atoms with Crippen LogP contribution in [0.15, 0.2) is 4.99 Å². The predicted molar refractivity (Wildman–Crippen MR) is 301 cm³/mol. The summed E-state index contributed by atoms with van der Waals surface area (Å²) < 4.78 is 0. The van der Waals surface area contributed by atoms with Crippen molar-refractivity contribution in [3.8, 4) is 0 Å². The molecule has 0 aromatic rings. The number of aliphatic hydroxyl groups is 1. The zero-order chi connectivity index (χ0) is 60.7. The Labute approximate surface area is 467 Å². The molecule has 0 radical (unpaired) electrons. The molecule has 0 fully saturated rings. The van der Waals surface area contributed by atoms with Crippen LogP contribution in [-0.4, -0.2) is 157 Å². The molecule has 27 heteroatoms. The lowest BCUT2D eigenvalue weighted by Crippen LogP contribution is -2.62. The number of aliphatic hydroxyl groups excluding tert-OH is 1. The van der Waals surface area contributed by atoms with Crippen LogP contribution < -0.4 is 82.3 Å². The molecule has 0 aliphatic carbocycles. The van der Waals surface area contributed by atoms with Gasteiger partial charge in [-0.05, 0) is 114 Å². The van der Waals surface area contributed by atoms with E-state index in [1.54, 1.807) is 41.5 Å². The van der Waals surface area contributed by atoms with Crippen molar-refractivity contribution in [1.29, 1.82) is 0 Å². The molecule has 22 N–H and O–H groups in total. The molecule has 0 heterocycles. The maximum Gasteiger partial charge on any atom is 0.245 e. The third kappa shape index (κ3) is 28.5. The molecular formula is C52H100N16O11. The lowest BCUT2D eigenvalue weighted by Gasteiger charge is -2.30. The second-order valence-corrected chi connectivity index (χ2v) is 21.8. The van der Waals surface area contributed by atoms with Gasteiger partial charge in [-0.25, -0.2) is 0 Å². The highest BCUT2D eigenvalue weighted by atomic mass is 16.3. The van der Waals surface area contributed by atoms with Gasteiger partial charge in [0.25, 0.3) is 0 Å². The number of amides is 10. The fraction of sp³-hybridized carbons (Fsp3) is 0.788. The van der Waals surface area contributed by atoms with Crippen molar-refractivity contribution in [3.63, 3.8) is 0 Å². The number of nitrogens with zero attached hydrogens (tertiary/aromatic N) is 1.